The van der Waals surface area contributed by atoms with Crippen LogP contribution in [0.1, 0.15) is 219 Å². The maximum atomic E-state index is 13.1. The first-order chi connectivity index (χ1) is 27.0. The Morgan fingerprint density at radius 1 is 0.571 bits per heavy atom. The van der Waals surface area contributed by atoms with Crippen LogP contribution in [0.15, 0.2) is 24.3 Å². The van der Waals surface area contributed by atoms with E-state index in [1.807, 2.05) is 27.2 Å². The molecule has 0 aromatic heterocycles. The summed E-state index contributed by atoms with van der Waals surface area (Å²) in [6.07, 6.45) is 47.0. The Hall–Kier alpha value is -1.31. The van der Waals surface area contributed by atoms with Crippen molar-refractivity contribution in [2.45, 2.75) is 225 Å². The normalized spacial score (nSPS) is 13.8. The van der Waals surface area contributed by atoms with Gasteiger partial charge in [0.25, 0.3) is 0 Å². The van der Waals surface area contributed by atoms with Crippen molar-refractivity contribution in [1.29, 1.82) is 0 Å². The second kappa shape index (κ2) is 39.2. The van der Waals surface area contributed by atoms with Crippen molar-refractivity contribution < 1.29 is 32.6 Å². The molecule has 1 unspecified atom stereocenters. The van der Waals surface area contributed by atoms with Gasteiger partial charge in [0, 0.05) is 6.42 Å². The van der Waals surface area contributed by atoms with Gasteiger partial charge in [0.05, 0.1) is 27.7 Å². The van der Waals surface area contributed by atoms with Crippen LogP contribution in [0, 0.1) is 0 Å². The molecule has 2 atom stereocenters. The molecular weight excluding hydrogens is 719 g/mol. The molecule has 0 aromatic rings. The number of carbonyl (C=O) groups excluding carboxylic acids is 2. The number of nitrogens with one attached hydrogen (secondary N) is 1. The highest BCUT2D eigenvalue weighted by Gasteiger charge is 2.27. The quantitative estimate of drug-likeness (QED) is 0.0209. The van der Waals surface area contributed by atoms with E-state index in [2.05, 4.69) is 31.3 Å². The Kier molecular flexibility index (Phi) is 38.3. The maximum Gasteiger partial charge on any atom is 0.472 e. The number of unbranched alkanes of at least 4 members (excludes halogenated alkanes) is 28. The number of hydrogen-bond donors (Lipinski definition) is 2. The van der Waals surface area contributed by atoms with Gasteiger partial charge < -0.3 is 14.7 Å². The van der Waals surface area contributed by atoms with Gasteiger partial charge in [-0.15, -0.1) is 0 Å². The first kappa shape index (κ1) is 54.7. The largest absolute Gasteiger partial charge is 0.472 e. The Bertz CT molecular complexity index is 1010. The van der Waals surface area contributed by atoms with Gasteiger partial charge in [-0.1, -0.05) is 186 Å². The minimum absolute atomic E-state index is 0.0403. The summed E-state index contributed by atoms with van der Waals surface area (Å²) < 4.78 is 23.4. The monoisotopic (exact) mass is 812 g/mol. The van der Waals surface area contributed by atoms with Gasteiger partial charge in [0.2, 0.25) is 5.91 Å². The second-order valence-corrected chi connectivity index (χ2v) is 18.8. The fourth-order valence-electron chi connectivity index (χ4n) is 6.76. The number of rotatable bonds is 43. The van der Waals surface area contributed by atoms with Crippen molar-refractivity contribution in [3.63, 3.8) is 0 Å². The predicted octanol–water partition coefficient (Wildman–Crippen LogP) is 13.5. The van der Waals surface area contributed by atoms with Crippen molar-refractivity contribution in [1.82, 2.24) is 5.32 Å². The van der Waals surface area contributed by atoms with Gasteiger partial charge in [-0.25, -0.2) is 4.57 Å². The predicted molar refractivity (Wildman–Crippen MR) is 239 cm³/mol. The zero-order valence-electron chi connectivity index (χ0n) is 37.5. The highest BCUT2D eigenvalue weighted by molar-refractivity contribution is 7.47. The summed E-state index contributed by atoms with van der Waals surface area (Å²) in [6.45, 7) is 4.67. The number of ketones is 1. The molecule has 56 heavy (non-hydrogen) atoms. The number of phosphoric ester groups is 1. The van der Waals surface area contributed by atoms with E-state index in [1.54, 1.807) is 0 Å². The Morgan fingerprint density at radius 2 is 0.946 bits per heavy atom. The summed E-state index contributed by atoms with van der Waals surface area (Å²) in [5.74, 6) is -0.568. The average Bonchev–Trinajstić information content (AvgIpc) is 3.15. The zero-order valence-corrected chi connectivity index (χ0v) is 38.4. The summed E-state index contributed by atoms with van der Waals surface area (Å²) in [5.41, 5.74) is 0. The molecule has 8 nitrogen and oxygen atoms in total. The van der Waals surface area contributed by atoms with Crippen LogP contribution in [0.5, 0.6) is 0 Å². The van der Waals surface area contributed by atoms with Crippen molar-refractivity contribution in [2.24, 2.45) is 0 Å². The molecule has 0 saturated heterocycles. The summed E-state index contributed by atoms with van der Waals surface area (Å²) in [7, 11) is 1.50. The maximum absolute atomic E-state index is 13.1. The van der Waals surface area contributed by atoms with Gasteiger partial charge in [-0.05, 0) is 51.0 Å². The van der Waals surface area contributed by atoms with Crippen LogP contribution in [0.3, 0.4) is 0 Å². The number of quaternary nitrogens is 1. The van der Waals surface area contributed by atoms with E-state index >= 15 is 0 Å². The van der Waals surface area contributed by atoms with Crippen molar-refractivity contribution >= 4 is 19.5 Å². The zero-order chi connectivity index (χ0) is 41.4. The third kappa shape index (κ3) is 40.9. The van der Waals surface area contributed by atoms with E-state index in [0.717, 1.165) is 38.5 Å². The standard InChI is InChI=1S/C47H91N2O6P/c1-6-8-10-12-14-16-18-20-21-22-23-24-25-26-27-29-31-33-35-37-39-41-47(51)48-45(44-55-56(52,53)54-43-42-49(3,4)5)46(50)40-38-36-34-32-30-28-19-17-15-13-11-9-7-2/h20-21,38,40,45H,6-19,22-37,39,41-44H2,1-5H3,(H-,48,51,52,53)/p+1/b21-20-,40-38-/t45-/m0/s1. The fourth-order valence-corrected chi connectivity index (χ4v) is 7.48. The van der Waals surface area contributed by atoms with Crippen molar-refractivity contribution in [2.75, 3.05) is 40.9 Å². The molecule has 0 rings (SSSR count). The number of allylic oxidation sites excluding steroid dienone is 3. The van der Waals surface area contributed by atoms with Crippen LogP contribution >= 0.6 is 7.82 Å². The first-order valence-electron chi connectivity index (χ1n) is 23.6. The molecule has 9 heteroatoms. The summed E-state index contributed by atoms with van der Waals surface area (Å²) in [6, 6.07) is -1.04. The smallest absolute Gasteiger partial charge is 0.344 e. The molecule has 0 bridgehead atoms. The molecule has 0 heterocycles. The van der Waals surface area contributed by atoms with E-state index in [9.17, 15) is 19.0 Å². The molecule has 0 saturated carbocycles. The average molecular weight is 812 g/mol. The minimum Gasteiger partial charge on any atom is -0.344 e. The van der Waals surface area contributed by atoms with Crippen LogP contribution in [-0.4, -0.2) is 68.0 Å². The van der Waals surface area contributed by atoms with Crippen molar-refractivity contribution in [3.8, 4) is 0 Å². The topological polar surface area (TPSA) is 102 Å². The third-order valence-electron chi connectivity index (χ3n) is 10.5. The van der Waals surface area contributed by atoms with Crippen LogP contribution in [-0.2, 0) is 23.2 Å². The van der Waals surface area contributed by atoms with Crippen LogP contribution < -0.4 is 5.32 Å². The first-order valence-corrected chi connectivity index (χ1v) is 25.1. The molecule has 0 aliphatic heterocycles. The number of nitrogens with zero attached hydrogens (tertiary/aromatic N) is 1. The lowest BCUT2D eigenvalue weighted by Crippen LogP contribution is -2.43. The Balaban J connectivity index is 4.30. The lowest BCUT2D eigenvalue weighted by Gasteiger charge is -2.24. The lowest BCUT2D eigenvalue weighted by molar-refractivity contribution is -0.870. The van der Waals surface area contributed by atoms with E-state index in [0.29, 0.717) is 17.4 Å². The molecule has 0 aliphatic carbocycles. The molecule has 0 aliphatic rings. The molecule has 0 spiro atoms. The summed E-state index contributed by atoms with van der Waals surface area (Å²) >= 11 is 0. The fraction of sp³-hybridized carbons (Fsp3) is 0.872. The van der Waals surface area contributed by atoms with Gasteiger partial charge in [-0.3, -0.25) is 18.6 Å². The van der Waals surface area contributed by atoms with Gasteiger partial charge in [0.15, 0.2) is 5.78 Å². The van der Waals surface area contributed by atoms with Crippen LogP contribution in [0.25, 0.3) is 0 Å². The lowest BCUT2D eigenvalue weighted by atomic mass is 10.0. The van der Waals surface area contributed by atoms with Gasteiger partial charge >= 0.3 is 7.82 Å². The summed E-state index contributed by atoms with van der Waals surface area (Å²) in [4.78, 5) is 36.2. The summed E-state index contributed by atoms with van der Waals surface area (Å²) in [5, 5.41) is 2.77. The van der Waals surface area contributed by atoms with Crippen LogP contribution in [0.2, 0.25) is 0 Å². The van der Waals surface area contributed by atoms with Crippen molar-refractivity contribution in [3.05, 3.63) is 24.3 Å². The van der Waals surface area contributed by atoms with Crippen LogP contribution in [0.4, 0.5) is 0 Å². The highest BCUT2D eigenvalue weighted by Crippen LogP contribution is 2.43. The highest BCUT2D eigenvalue weighted by atomic mass is 31.2. The third-order valence-corrected chi connectivity index (χ3v) is 11.5. The molecule has 330 valence electrons. The van der Waals surface area contributed by atoms with E-state index in [-0.39, 0.29) is 18.3 Å². The molecule has 0 radical (unpaired) electrons. The molecule has 0 aromatic carbocycles. The Morgan fingerprint density at radius 3 is 1.36 bits per heavy atom. The molecular formula is C47H92N2O6P+. The van der Waals surface area contributed by atoms with E-state index < -0.39 is 20.5 Å². The number of phosphoric acid groups is 1. The van der Waals surface area contributed by atoms with E-state index in [1.165, 1.54) is 167 Å². The number of likely N-dealkylation sites (N-methyl/N-ethyl adjacent to an activating group) is 1. The van der Waals surface area contributed by atoms with E-state index in [4.69, 9.17) is 9.05 Å². The van der Waals surface area contributed by atoms with Gasteiger partial charge in [-0.2, -0.15) is 0 Å². The van der Waals surface area contributed by atoms with Gasteiger partial charge in [0.1, 0.15) is 19.2 Å². The second-order valence-electron chi connectivity index (χ2n) is 17.3. The molecule has 1 amide bonds. The number of amides is 1. The number of carbonyl (C=O) groups is 2. The molecule has 2 N–H and O–H groups in total. The molecule has 0 fully saturated rings. The Labute approximate surface area is 347 Å². The number of hydrogen-bond acceptors (Lipinski definition) is 5. The minimum atomic E-state index is -4.38. The SMILES string of the molecule is CCCCCCCC/C=C\CCCCCCCCCCCCCC(=O)N[C@@H](COP(=O)(O)OCC[N+](C)(C)C)C(=O)/C=C\CCCCCCCCCCCCC.